The molecule has 0 fully saturated rings. The maximum Gasteiger partial charge on any atom is 0.123 e. The van der Waals surface area contributed by atoms with Gasteiger partial charge in [-0.2, -0.15) is 5.10 Å². The van der Waals surface area contributed by atoms with E-state index in [0.717, 1.165) is 44.2 Å². The van der Waals surface area contributed by atoms with Crippen molar-refractivity contribution >= 4 is 21.7 Å². The molecule has 0 aliphatic heterocycles. The number of rotatable bonds is 3. The van der Waals surface area contributed by atoms with Crippen molar-refractivity contribution in [3.63, 3.8) is 0 Å². The lowest BCUT2D eigenvalue weighted by Crippen LogP contribution is -2.00. The van der Waals surface area contributed by atoms with Crippen LogP contribution < -0.4 is 5.73 Å². The van der Waals surface area contributed by atoms with Crippen LogP contribution in [0.15, 0.2) is 79.1 Å². The largest absolute Gasteiger partial charge is 0.325 e. The van der Waals surface area contributed by atoms with Crippen molar-refractivity contribution in [3.8, 4) is 16.8 Å². The van der Waals surface area contributed by atoms with Crippen molar-refractivity contribution in [2.45, 2.75) is 6.54 Å². The summed E-state index contributed by atoms with van der Waals surface area (Å²) in [5.74, 6) is -0.278. The third-order valence-corrected chi connectivity index (χ3v) is 5.00. The molecule has 5 heteroatoms. The highest BCUT2D eigenvalue weighted by molar-refractivity contribution is 6.13. The summed E-state index contributed by atoms with van der Waals surface area (Å²) >= 11 is 0. The lowest BCUT2D eigenvalue weighted by Gasteiger charge is -2.10. The Labute approximate surface area is 161 Å². The molecule has 0 aliphatic carbocycles. The van der Waals surface area contributed by atoms with Crippen LogP contribution in [-0.2, 0) is 6.54 Å². The summed E-state index contributed by atoms with van der Waals surface area (Å²) in [6.45, 7) is 0.315. The lowest BCUT2D eigenvalue weighted by molar-refractivity contribution is 0.627. The van der Waals surface area contributed by atoms with Gasteiger partial charge < -0.3 is 5.73 Å². The zero-order valence-corrected chi connectivity index (χ0v) is 15.0. The molecule has 0 amide bonds. The van der Waals surface area contributed by atoms with Crippen molar-refractivity contribution < 1.29 is 4.39 Å². The molecule has 0 saturated carbocycles. The van der Waals surface area contributed by atoms with Crippen LogP contribution >= 0.6 is 0 Å². The number of benzene rings is 3. The number of aromatic nitrogens is 3. The average molecular weight is 368 g/mol. The highest BCUT2D eigenvalue weighted by atomic mass is 19.1. The standard InChI is InChI=1S/C23H17FN4/c24-16-6-8-17(9-7-16)28-23-18-10-11-26-14-21(18)19(15-4-2-1-3-5-15)12-20(23)22(13-25)27-28/h1-12,14H,13,25H2. The summed E-state index contributed by atoms with van der Waals surface area (Å²) in [6.07, 6.45) is 3.65. The van der Waals surface area contributed by atoms with Gasteiger partial charge >= 0.3 is 0 Å². The predicted molar refractivity (Wildman–Crippen MR) is 110 cm³/mol. The summed E-state index contributed by atoms with van der Waals surface area (Å²) < 4.78 is 15.3. The van der Waals surface area contributed by atoms with Crippen LogP contribution in [0.4, 0.5) is 4.39 Å². The van der Waals surface area contributed by atoms with E-state index in [1.807, 2.05) is 35.1 Å². The Balaban J connectivity index is 1.91. The molecule has 0 spiro atoms. The summed E-state index contributed by atoms with van der Waals surface area (Å²) in [4.78, 5) is 4.34. The summed E-state index contributed by atoms with van der Waals surface area (Å²) in [5.41, 5.74) is 10.8. The van der Waals surface area contributed by atoms with E-state index in [9.17, 15) is 4.39 Å². The second kappa shape index (κ2) is 6.55. The quantitative estimate of drug-likeness (QED) is 0.496. The van der Waals surface area contributed by atoms with Gasteiger partial charge in [0.15, 0.2) is 0 Å². The first-order valence-corrected chi connectivity index (χ1v) is 9.06. The van der Waals surface area contributed by atoms with Gasteiger partial charge in [-0.05, 0) is 47.5 Å². The van der Waals surface area contributed by atoms with E-state index < -0.39 is 0 Å². The van der Waals surface area contributed by atoms with Gasteiger partial charge in [-0.15, -0.1) is 0 Å². The third kappa shape index (κ3) is 2.56. The van der Waals surface area contributed by atoms with Crippen LogP contribution in [0.25, 0.3) is 38.5 Å². The topological polar surface area (TPSA) is 56.7 Å². The van der Waals surface area contributed by atoms with Crippen LogP contribution in [0.3, 0.4) is 0 Å². The molecular formula is C23H17FN4. The van der Waals surface area contributed by atoms with Crippen molar-refractivity contribution in [1.29, 1.82) is 0 Å². The minimum absolute atomic E-state index is 0.278. The Morgan fingerprint density at radius 2 is 1.68 bits per heavy atom. The number of halogens is 1. The van der Waals surface area contributed by atoms with Crippen LogP contribution in [0.2, 0.25) is 0 Å². The fourth-order valence-corrected chi connectivity index (χ4v) is 3.70. The summed E-state index contributed by atoms with van der Waals surface area (Å²) in [6, 6.07) is 20.7. The maximum atomic E-state index is 13.4. The Hall–Kier alpha value is -3.57. The second-order valence-corrected chi connectivity index (χ2v) is 6.65. The maximum absolute atomic E-state index is 13.4. The summed E-state index contributed by atoms with van der Waals surface area (Å²) in [7, 11) is 0. The minimum Gasteiger partial charge on any atom is -0.325 e. The van der Waals surface area contributed by atoms with Gasteiger partial charge in [0, 0.05) is 35.1 Å². The Bertz CT molecular complexity index is 1290. The van der Waals surface area contributed by atoms with Gasteiger partial charge in [-0.3, -0.25) is 4.98 Å². The second-order valence-electron chi connectivity index (χ2n) is 6.65. The zero-order chi connectivity index (χ0) is 19.1. The molecule has 2 N–H and O–H groups in total. The third-order valence-electron chi connectivity index (χ3n) is 5.00. The fourth-order valence-electron chi connectivity index (χ4n) is 3.70. The van der Waals surface area contributed by atoms with E-state index in [1.165, 1.54) is 12.1 Å². The molecule has 0 saturated heterocycles. The van der Waals surface area contributed by atoms with Gasteiger partial charge in [0.1, 0.15) is 5.82 Å². The highest BCUT2D eigenvalue weighted by Gasteiger charge is 2.17. The first-order valence-electron chi connectivity index (χ1n) is 9.06. The van der Waals surface area contributed by atoms with E-state index in [2.05, 4.69) is 23.2 Å². The molecule has 5 aromatic rings. The van der Waals surface area contributed by atoms with Crippen molar-refractivity contribution in [1.82, 2.24) is 14.8 Å². The van der Waals surface area contributed by atoms with Crippen molar-refractivity contribution in [3.05, 3.63) is 90.6 Å². The van der Waals surface area contributed by atoms with Crippen LogP contribution in [0.1, 0.15) is 5.69 Å². The number of nitrogens with two attached hydrogens (primary N) is 1. The molecule has 0 aliphatic rings. The molecule has 136 valence electrons. The first-order chi connectivity index (χ1) is 13.8. The van der Waals surface area contributed by atoms with E-state index in [1.54, 1.807) is 18.3 Å². The molecule has 0 unspecified atom stereocenters. The molecule has 4 nitrogen and oxygen atoms in total. The lowest BCUT2D eigenvalue weighted by atomic mass is 9.96. The normalized spacial score (nSPS) is 11.4. The summed E-state index contributed by atoms with van der Waals surface area (Å²) in [5, 5.41) is 7.80. The fraction of sp³-hybridized carbons (Fsp3) is 0.0435. The molecule has 28 heavy (non-hydrogen) atoms. The average Bonchev–Trinajstić information content (AvgIpc) is 3.13. The first kappa shape index (κ1) is 16.6. The van der Waals surface area contributed by atoms with Crippen molar-refractivity contribution in [2.75, 3.05) is 0 Å². The van der Waals surface area contributed by atoms with Gasteiger partial charge in [0.05, 0.1) is 16.9 Å². The highest BCUT2D eigenvalue weighted by Crippen LogP contribution is 2.36. The van der Waals surface area contributed by atoms with Gasteiger partial charge in [-0.1, -0.05) is 30.3 Å². The van der Waals surface area contributed by atoms with Crippen LogP contribution in [-0.4, -0.2) is 14.8 Å². The van der Waals surface area contributed by atoms with E-state index in [-0.39, 0.29) is 5.82 Å². The smallest absolute Gasteiger partial charge is 0.123 e. The van der Waals surface area contributed by atoms with Gasteiger partial charge in [0.2, 0.25) is 0 Å². The van der Waals surface area contributed by atoms with Crippen LogP contribution in [0.5, 0.6) is 0 Å². The Morgan fingerprint density at radius 3 is 2.43 bits per heavy atom. The number of nitrogens with zero attached hydrogens (tertiary/aromatic N) is 3. The SMILES string of the molecule is NCc1nn(-c2ccc(F)cc2)c2c1cc(-c1ccccc1)c1cnccc12. The number of hydrogen-bond acceptors (Lipinski definition) is 3. The molecule has 0 atom stereocenters. The van der Waals surface area contributed by atoms with Crippen molar-refractivity contribution in [2.24, 2.45) is 5.73 Å². The predicted octanol–water partition coefficient (Wildman–Crippen LogP) is 4.84. The van der Waals surface area contributed by atoms with Gasteiger partial charge in [-0.25, -0.2) is 9.07 Å². The number of fused-ring (bicyclic) bond motifs is 3. The van der Waals surface area contributed by atoms with E-state index in [0.29, 0.717) is 6.54 Å². The van der Waals surface area contributed by atoms with Crippen LogP contribution in [0, 0.1) is 5.82 Å². The molecule has 0 radical (unpaired) electrons. The molecule has 3 aromatic carbocycles. The van der Waals surface area contributed by atoms with Gasteiger partial charge in [0.25, 0.3) is 0 Å². The molecule has 0 bridgehead atoms. The zero-order valence-electron chi connectivity index (χ0n) is 15.0. The Morgan fingerprint density at radius 1 is 0.893 bits per heavy atom. The van der Waals surface area contributed by atoms with E-state index >= 15 is 0 Å². The molecular weight excluding hydrogens is 351 g/mol. The number of pyridine rings is 1. The Kier molecular flexibility index (Phi) is 3.88. The molecule has 2 aromatic heterocycles. The number of hydrogen-bond donors (Lipinski definition) is 1. The monoisotopic (exact) mass is 368 g/mol. The molecule has 5 rings (SSSR count). The minimum atomic E-state index is -0.278. The molecule has 2 heterocycles. The van der Waals surface area contributed by atoms with E-state index in [4.69, 9.17) is 10.8 Å².